The van der Waals surface area contributed by atoms with Crippen LogP contribution in [0.1, 0.15) is 18.0 Å². The molecule has 2 atom stereocenters. The SMILES string of the molecule is O=c1cccc2n1CC1CC2CN(C(=S)Nc2ccc(F)c(Cl)c2)C1. The minimum absolute atomic E-state index is 0.0663. The molecule has 4 nitrogen and oxygen atoms in total. The number of piperidine rings is 1. The molecule has 0 aliphatic carbocycles. The Bertz CT molecular complexity index is 900. The fourth-order valence-corrected chi connectivity index (χ4v) is 4.29. The average Bonchev–Trinajstić information content (AvgIpc) is 2.59. The molecule has 0 radical (unpaired) electrons. The first-order chi connectivity index (χ1) is 12.0. The normalized spacial score (nSPS) is 21.6. The van der Waals surface area contributed by atoms with E-state index in [4.69, 9.17) is 23.8 Å². The monoisotopic (exact) mass is 377 g/mol. The molecule has 130 valence electrons. The molecule has 0 saturated carbocycles. The molecule has 1 aromatic heterocycles. The number of rotatable bonds is 1. The molecular weight excluding hydrogens is 361 g/mol. The predicted molar refractivity (Wildman–Crippen MR) is 101 cm³/mol. The van der Waals surface area contributed by atoms with Crippen LogP contribution in [0.2, 0.25) is 5.02 Å². The van der Waals surface area contributed by atoms with E-state index >= 15 is 0 Å². The van der Waals surface area contributed by atoms with E-state index < -0.39 is 5.82 Å². The van der Waals surface area contributed by atoms with E-state index in [1.807, 2.05) is 16.7 Å². The van der Waals surface area contributed by atoms with E-state index in [-0.39, 0.29) is 16.5 Å². The Kier molecular flexibility index (Phi) is 4.25. The number of nitrogens with zero attached hydrogens (tertiary/aromatic N) is 2. The lowest BCUT2D eigenvalue weighted by molar-refractivity contribution is 0.180. The van der Waals surface area contributed by atoms with Crippen LogP contribution in [0.15, 0.2) is 41.2 Å². The summed E-state index contributed by atoms with van der Waals surface area (Å²) in [6.07, 6.45) is 1.07. The molecule has 0 amide bonds. The number of likely N-dealkylation sites (tertiary alicyclic amines) is 1. The molecule has 1 N–H and O–H groups in total. The number of anilines is 1. The second-order valence-electron chi connectivity index (χ2n) is 6.66. The van der Waals surface area contributed by atoms with Gasteiger partial charge in [0.25, 0.3) is 5.56 Å². The molecule has 2 aliphatic heterocycles. The van der Waals surface area contributed by atoms with E-state index in [9.17, 15) is 9.18 Å². The molecule has 2 bridgehead atoms. The summed E-state index contributed by atoms with van der Waals surface area (Å²) >= 11 is 11.4. The second kappa shape index (κ2) is 6.42. The number of thiocarbonyl (C=S) groups is 1. The van der Waals surface area contributed by atoms with Gasteiger partial charge in [-0.15, -0.1) is 0 Å². The molecule has 0 spiro atoms. The van der Waals surface area contributed by atoms with Gasteiger partial charge in [-0.2, -0.15) is 0 Å². The summed E-state index contributed by atoms with van der Waals surface area (Å²) in [5.74, 6) is 0.230. The van der Waals surface area contributed by atoms with Gasteiger partial charge in [0.15, 0.2) is 5.11 Å². The van der Waals surface area contributed by atoms with Crippen LogP contribution in [-0.2, 0) is 6.54 Å². The van der Waals surface area contributed by atoms with Gasteiger partial charge in [0, 0.05) is 43.0 Å². The number of halogens is 2. The highest BCUT2D eigenvalue weighted by Gasteiger charge is 2.35. The van der Waals surface area contributed by atoms with Crippen molar-refractivity contribution in [3.63, 3.8) is 0 Å². The summed E-state index contributed by atoms with van der Waals surface area (Å²) in [6, 6.07) is 9.94. The third-order valence-corrected chi connectivity index (χ3v) is 5.59. The van der Waals surface area contributed by atoms with Crippen molar-refractivity contribution >= 4 is 34.6 Å². The largest absolute Gasteiger partial charge is 0.348 e. The maximum atomic E-state index is 13.3. The number of aromatic nitrogens is 1. The van der Waals surface area contributed by atoms with Gasteiger partial charge in [0.1, 0.15) is 5.82 Å². The number of benzene rings is 1. The first kappa shape index (κ1) is 16.5. The summed E-state index contributed by atoms with van der Waals surface area (Å²) in [4.78, 5) is 14.2. The van der Waals surface area contributed by atoms with E-state index in [1.54, 1.807) is 12.1 Å². The van der Waals surface area contributed by atoms with Gasteiger partial charge in [0.2, 0.25) is 0 Å². The Morgan fingerprint density at radius 2 is 2.08 bits per heavy atom. The van der Waals surface area contributed by atoms with Crippen LogP contribution >= 0.6 is 23.8 Å². The van der Waals surface area contributed by atoms with Gasteiger partial charge < -0.3 is 14.8 Å². The van der Waals surface area contributed by atoms with Crippen LogP contribution in [-0.4, -0.2) is 27.7 Å². The average molecular weight is 378 g/mol. The fraction of sp³-hybridized carbons (Fsp3) is 0.333. The van der Waals surface area contributed by atoms with Crippen molar-refractivity contribution in [2.45, 2.75) is 18.9 Å². The van der Waals surface area contributed by atoms with Crippen molar-refractivity contribution in [2.24, 2.45) is 5.92 Å². The molecule has 1 saturated heterocycles. The van der Waals surface area contributed by atoms with Gasteiger partial charge in [-0.3, -0.25) is 4.79 Å². The molecule has 1 aromatic carbocycles. The van der Waals surface area contributed by atoms with Crippen molar-refractivity contribution in [1.82, 2.24) is 9.47 Å². The summed E-state index contributed by atoms with van der Waals surface area (Å²) in [5.41, 5.74) is 1.83. The highest BCUT2D eigenvalue weighted by atomic mass is 35.5. The van der Waals surface area contributed by atoms with Crippen LogP contribution < -0.4 is 10.9 Å². The Balaban J connectivity index is 1.52. The van der Waals surface area contributed by atoms with Crippen molar-refractivity contribution in [2.75, 3.05) is 18.4 Å². The summed E-state index contributed by atoms with van der Waals surface area (Å²) in [6.45, 7) is 2.30. The zero-order chi connectivity index (χ0) is 17.6. The first-order valence-electron chi connectivity index (χ1n) is 8.22. The summed E-state index contributed by atoms with van der Waals surface area (Å²) in [7, 11) is 0. The highest BCUT2D eigenvalue weighted by molar-refractivity contribution is 7.80. The smallest absolute Gasteiger partial charge is 0.250 e. The van der Waals surface area contributed by atoms with Crippen molar-refractivity contribution in [1.29, 1.82) is 0 Å². The molecule has 3 heterocycles. The Hall–Kier alpha value is -1.92. The molecule has 4 rings (SSSR count). The molecule has 2 aliphatic rings. The number of hydrogen-bond donors (Lipinski definition) is 1. The van der Waals surface area contributed by atoms with Crippen LogP contribution in [0.3, 0.4) is 0 Å². The van der Waals surface area contributed by atoms with Crippen molar-refractivity contribution in [3.05, 3.63) is 63.3 Å². The van der Waals surface area contributed by atoms with E-state index in [1.165, 1.54) is 12.1 Å². The lowest BCUT2D eigenvalue weighted by Gasteiger charge is -2.43. The minimum atomic E-state index is -0.451. The molecule has 2 aromatic rings. The van der Waals surface area contributed by atoms with E-state index in [0.29, 0.717) is 16.7 Å². The van der Waals surface area contributed by atoms with Crippen LogP contribution in [0.5, 0.6) is 0 Å². The number of hydrogen-bond acceptors (Lipinski definition) is 2. The highest BCUT2D eigenvalue weighted by Crippen LogP contribution is 2.35. The number of fused-ring (bicyclic) bond motifs is 4. The van der Waals surface area contributed by atoms with Crippen LogP contribution in [0.25, 0.3) is 0 Å². The molecule has 7 heteroatoms. The molecule has 25 heavy (non-hydrogen) atoms. The second-order valence-corrected chi connectivity index (χ2v) is 7.46. The van der Waals surface area contributed by atoms with Crippen LogP contribution in [0, 0.1) is 11.7 Å². The quantitative estimate of drug-likeness (QED) is 0.772. The van der Waals surface area contributed by atoms with E-state index in [2.05, 4.69) is 10.2 Å². The maximum absolute atomic E-state index is 13.3. The van der Waals surface area contributed by atoms with Crippen molar-refractivity contribution < 1.29 is 4.39 Å². The Morgan fingerprint density at radius 1 is 1.24 bits per heavy atom. The number of pyridine rings is 1. The zero-order valence-electron chi connectivity index (χ0n) is 13.4. The lowest BCUT2D eigenvalue weighted by atomic mass is 9.83. The summed E-state index contributed by atoms with van der Waals surface area (Å²) < 4.78 is 15.2. The van der Waals surface area contributed by atoms with Gasteiger partial charge in [-0.25, -0.2) is 4.39 Å². The number of nitrogens with one attached hydrogen (secondary N) is 1. The predicted octanol–water partition coefficient (Wildman–Crippen LogP) is 3.46. The molecule has 1 fully saturated rings. The molecule has 2 unspecified atom stereocenters. The van der Waals surface area contributed by atoms with Gasteiger partial charge in [-0.1, -0.05) is 17.7 Å². The standard InChI is InChI=1S/C18H17ClFN3OS/c19-14-7-13(4-5-15(14)20)21-18(25)22-8-11-6-12(10-22)16-2-1-3-17(24)23(16)9-11/h1-5,7,11-12H,6,8-10H2,(H,21,25). The third kappa shape index (κ3) is 3.16. The van der Waals surface area contributed by atoms with Crippen LogP contribution in [0.4, 0.5) is 10.1 Å². The lowest BCUT2D eigenvalue weighted by Crippen LogP contribution is -2.50. The maximum Gasteiger partial charge on any atom is 0.250 e. The Labute approximate surface area is 155 Å². The van der Waals surface area contributed by atoms with Gasteiger partial charge in [-0.05, 0) is 48.8 Å². The third-order valence-electron chi connectivity index (χ3n) is 4.94. The molecular formula is C18H17ClFN3OS. The Morgan fingerprint density at radius 3 is 2.88 bits per heavy atom. The van der Waals surface area contributed by atoms with Gasteiger partial charge >= 0.3 is 0 Å². The minimum Gasteiger partial charge on any atom is -0.348 e. The van der Waals surface area contributed by atoms with Gasteiger partial charge in [0.05, 0.1) is 5.02 Å². The topological polar surface area (TPSA) is 37.3 Å². The summed E-state index contributed by atoms with van der Waals surface area (Å²) in [5, 5.41) is 3.81. The van der Waals surface area contributed by atoms with E-state index in [0.717, 1.165) is 31.7 Å². The first-order valence-corrected chi connectivity index (χ1v) is 9.00. The fourth-order valence-electron chi connectivity index (χ4n) is 3.84. The zero-order valence-corrected chi connectivity index (χ0v) is 15.0. The van der Waals surface area contributed by atoms with Crippen molar-refractivity contribution in [3.8, 4) is 0 Å².